The van der Waals surface area contributed by atoms with Crippen LogP contribution in [-0.2, 0) is 22.7 Å². The molecular weight excluding hydrogens is 350 g/mol. The molecule has 10 nitrogen and oxygen atoms in total. The van der Waals surface area contributed by atoms with Gasteiger partial charge < -0.3 is 15.4 Å². The van der Waals surface area contributed by atoms with Crippen LogP contribution in [-0.4, -0.2) is 63.1 Å². The maximum absolute atomic E-state index is 12.4. The first-order chi connectivity index (χ1) is 13.2. The Bertz CT molecular complexity index is 766. The number of hydrogen-bond donors (Lipinski definition) is 3. The molecule has 0 spiro atoms. The first-order valence-corrected chi connectivity index (χ1v) is 8.89. The van der Waals surface area contributed by atoms with E-state index in [0.717, 1.165) is 11.3 Å². The van der Waals surface area contributed by atoms with Gasteiger partial charge in [0.05, 0.1) is 25.6 Å². The fourth-order valence-electron chi connectivity index (χ4n) is 3.01. The number of piperazine rings is 1. The van der Waals surface area contributed by atoms with Crippen LogP contribution in [0.4, 0.5) is 0 Å². The SMILES string of the molecule is CCOc1ccccc1CN1CCNC(=O)C1CC(=O)NCc1nn[nH]n1. The molecule has 0 radical (unpaired) electrons. The van der Waals surface area contributed by atoms with Crippen molar-refractivity contribution in [3.63, 3.8) is 0 Å². The molecule has 1 saturated heterocycles. The number of para-hydroxylation sites is 1. The fraction of sp³-hybridized carbons (Fsp3) is 0.471. The zero-order valence-corrected chi connectivity index (χ0v) is 15.1. The topological polar surface area (TPSA) is 125 Å². The molecule has 10 heteroatoms. The molecule has 0 aliphatic carbocycles. The summed E-state index contributed by atoms with van der Waals surface area (Å²) in [5.74, 6) is 0.792. The number of carbonyl (C=O) groups excluding carboxylic acids is 2. The van der Waals surface area contributed by atoms with Gasteiger partial charge >= 0.3 is 0 Å². The van der Waals surface area contributed by atoms with Gasteiger partial charge in [-0.1, -0.05) is 23.4 Å². The normalized spacial score (nSPS) is 17.4. The Hall–Kier alpha value is -3.01. The Morgan fingerprint density at radius 1 is 1.41 bits per heavy atom. The van der Waals surface area contributed by atoms with Crippen LogP contribution in [0.5, 0.6) is 5.75 Å². The van der Waals surface area contributed by atoms with Crippen molar-refractivity contribution in [1.29, 1.82) is 0 Å². The van der Waals surface area contributed by atoms with Gasteiger partial charge in [0, 0.05) is 25.2 Å². The largest absolute Gasteiger partial charge is 0.494 e. The van der Waals surface area contributed by atoms with E-state index in [9.17, 15) is 9.59 Å². The second kappa shape index (κ2) is 9.08. The summed E-state index contributed by atoms with van der Waals surface area (Å²) < 4.78 is 5.67. The van der Waals surface area contributed by atoms with E-state index in [0.29, 0.717) is 32.1 Å². The highest BCUT2D eigenvalue weighted by molar-refractivity contribution is 5.88. The van der Waals surface area contributed by atoms with Crippen LogP contribution in [0.3, 0.4) is 0 Å². The smallest absolute Gasteiger partial charge is 0.237 e. The Morgan fingerprint density at radius 2 is 2.26 bits per heavy atom. The van der Waals surface area contributed by atoms with E-state index < -0.39 is 6.04 Å². The minimum Gasteiger partial charge on any atom is -0.494 e. The molecule has 3 N–H and O–H groups in total. The van der Waals surface area contributed by atoms with Gasteiger partial charge in [0.15, 0.2) is 5.82 Å². The van der Waals surface area contributed by atoms with Gasteiger partial charge in [-0.3, -0.25) is 14.5 Å². The van der Waals surface area contributed by atoms with Gasteiger partial charge in [-0.05, 0) is 13.0 Å². The number of benzene rings is 1. The molecule has 1 aromatic heterocycles. The molecule has 3 rings (SSSR count). The summed E-state index contributed by atoms with van der Waals surface area (Å²) in [6.07, 6.45) is 0.0560. The highest BCUT2D eigenvalue weighted by Gasteiger charge is 2.32. The van der Waals surface area contributed by atoms with Crippen LogP contribution < -0.4 is 15.4 Å². The molecular formula is C17H23N7O3. The summed E-state index contributed by atoms with van der Waals surface area (Å²) in [5.41, 5.74) is 0.992. The van der Waals surface area contributed by atoms with Gasteiger partial charge in [-0.2, -0.15) is 5.21 Å². The number of tetrazole rings is 1. The first-order valence-electron chi connectivity index (χ1n) is 8.89. The number of aromatic amines is 1. The predicted octanol–water partition coefficient (Wildman–Crippen LogP) is -0.395. The summed E-state index contributed by atoms with van der Waals surface area (Å²) in [5, 5.41) is 18.9. The predicted molar refractivity (Wildman–Crippen MR) is 95.5 cm³/mol. The number of aromatic nitrogens is 4. The van der Waals surface area contributed by atoms with Crippen LogP contribution in [0, 0.1) is 0 Å². The highest BCUT2D eigenvalue weighted by Crippen LogP contribution is 2.22. The number of ether oxygens (including phenoxy) is 1. The van der Waals surface area contributed by atoms with Gasteiger partial charge in [0.2, 0.25) is 11.8 Å². The number of carbonyl (C=O) groups is 2. The molecule has 1 fully saturated rings. The summed E-state index contributed by atoms with van der Waals surface area (Å²) >= 11 is 0. The zero-order valence-electron chi connectivity index (χ0n) is 15.1. The van der Waals surface area contributed by atoms with Crippen molar-refractivity contribution in [3.05, 3.63) is 35.7 Å². The van der Waals surface area contributed by atoms with Crippen molar-refractivity contribution >= 4 is 11.8 Å². The van der Waals surface area contributed by atoms with Crippen LogP contribution in [0.1, 0.15) is 24.7 Å². The molecule has 1 aliphatic heterocycles. The number of nitrogens with zero attached hydrogens (tertiary/aromatic N) is 4. The molecule has 1 aromatic carbocycles. The maximum Gasteiger partial charge on any atom is 0.237 e. The summed E-state index contributed by atoms with van der Waals surface area (Å²) in [6.45, 7) is 4.41. The molecule has 0 saturated carbocycles. The minimum atomic E-state index is -0.543. The Balaban J connectivity index is 1.64. The van der Waals surface area contributed by atoms with Gasteiger partial charge in [-0.25, -0.2) is 0 Å². The standard InChI is InChI=1S/C17H23N7O3/c1-2-27-14-6-4-3-5-12(14)11-24-8-7-18-17(26)13(24)9-16(25)19-10-15-20-22-23-21-15/h3-6,13H,2,7-11H2,1H3,(H,18,26)(H,19,25)(H,20,21,22,23). The number of amides is 2. The number of rotatable bonds is 8. The van der Waals surface area contributed by atoms with Crippen molar-refractivity contribution in [2.75, 3.05) is 19.7 Å². The third-order valence-electron chi connectivity index (χ3n) is 4.30. The van der Waals surface area contributed by atoms with Gasteiger partial charge in [-0.15, -0.1) is 10.2 Å². The molecule has 27 heavy (non-hydrogen) atoms. The minimum absolute atomic E-state index is 0.0560. The van der Waals surface area contributed by atoms with E-state index in [1.165, 1.54) is 0 Å². The van der Waals surface area contributed by atoms with Crippen molar-refractivity contribution in [2.45, 2.75) is 32.5 Å². The van der Waals surface area contributed by atoms with E-state index >= 15 is 0 Å². The van der Waals surface area contributed by atoms with Crippen LogP contribution in [0.15, 0.2) is 24.3 Å². The van der Waals surface area contributed by atoms with Crippen molar-refractivity contribution in [1.82, 2.24) is 36.2 Å². The summed E-state index contributed by atoms with van der Waals surface area (Å²) in [6, 6.07) is 7.20. The quantitative estimate of drug-likeness (QED) is 0.575. The second-order valence-electron chi connectivity index (χ2n) is 6.13. The van der Waals surface area contributed by atoms with E-state index in [1.807, 2.05) is 36.1 Å². The third-order valence-corrected chi connectivity index (χ3v) is 4.30. The molecule has 1 atom stereocenters. The lowest BCUT2D eigenvalue weighted by atomic mass is 10.1. The van der Waals surface area contributed by atoms with E-state index in [-0.39, 0.29) is 24.8 Å². The molecule has 2 amide bonds. The number of hydrogen-bond acceptors (Lipinski definition) is 7. The second-order valence-corrected chi connectivity index (χ2v) is 6.13. The van der Waals surface area contributed by atoms with E-state index in [2.05, 4.69) is 31.3 Å². The molecule has 144 valence electrons. The molecule has 2 aromatic rings. The fourth-order valence-corrected chi connectivity index (χ4v) is 3.01. The third kappa shape index (κ3) is 5.00. The lowest BCUT2D eigenvalue weighted by molar-refractivity contribution is -0.134. The molecule has 0 bridgehead atoms. The van der Waals surface area contributed by atoms with Crippen molar-refractivity contribution < 1.29 is 14.3 Å². The average molecular weight is 373 g/mol. The maximum atomic E-state index is 12.4. The molecule has 2 heterocycles. The Morgan fingerprint density at radius 3 is 3.04 bits per heavy atom. The van der Waals surface area contributed by atoms with Crippen LogP contribution in [0.25, 0.3) is 0 Å². The Kier molecular flexibility index (Phi) is 6.31. The molecule has 1 aliphatic rings. The average Bonchev–Trinajstić information content (AvgIpc) is 3.18. The van der Waals surface area contributed by atoms with Gasteiger partial charge in [0.1, 0.15) is 5.75 Å². The lowest BCUT2D eigenvalue weighted by Gasteiger charge is -2.35. The number of nitrogens with one attached hydrogen (secondary N) is 3. The highest BCUT2D eigenvalue weighted by atomic mass is 16.5. The Labute approximate surface area is 156 Å². The molecule has 1 unspecified atom stereocenters. The zero-order chi connectivity index (χ0) is 19.1. The first kappa shape index (κ1) is 18.8. The van der Waals surface area contributed by atoms with E-state index in [1.54, 1.807) is 0 Å². The van der Waals surface area contributed by atoms with Crippen molar-refractivity contribution in [3.8, 4) is 5.75 Å². The van der Waals surface area contributed by atoms with Gasteiger partial charge in [0.25, 0.3) is 0 Å². The van der Waals surface area contributed by atoms with E-state index in [4.69, 9.17) is 4.74 Å². The van der Waals surface area contributed by atoms with Crippen LogP contribution in [0.2, 0.25) is 0 Å². The monoisotopic (exact) mass is 373 g/mol. The summed E-state index contributed by atoms with van der Waals surface area (Å²) in [4.78, 5) is 26.7. The van der Waals surface area contributed by atoms with Crippen molar-refractivity contribution in [2.24, 2.45) is 0 Å². The number of H-pyrrole nitrogens is 1. The summed E-state index contributed by atoms with van der Waals surface area (Å²) in [7, 11) is 0. The van der Waals surface area contributed by atoms with Crippen LogP contribution >= 0.6 is 0 Å². The lowest BCUT2D eigenvalue weighted by Crippen LogP contribution is -2.56.